The predicted molar refractivity (Wildman–Crippen MR) is 140 cm³/mol. The molecule has 0 aromatic carbocycles. The minimum absolute atomic E-state index is 0. The van der Waals surface area contributed by atoms with Gasteiger partial charge in [-0.1, -0.05) is 136 Å². The molecule has 3 nitrogen and oxygen atoms in total. The van der Waals surface area contributed by atoms with Crippen molar-refractivity contribution < 1.29 is 17.0 Å². The molecule has 0 amide bonds. The number of hydrogen-bond acceptors (Lipinski definition) is 3. The van der Waals surface area contributed by atoms with Crippen molar-refractivity contribution in [1.29, 1.82) is 0 Å². The van der Waals surface area contributed by atoms with Gasteiger partial charge in [0.05, 0.1) is 6.61 Å². The number of hydrogen-bond donors (Lipinski definition) is 0. The van der Waals surface area contributed by atoms with E-state index in [2.05, 4.69) is 13.8 Å². The normalized spacial score (nSPS) is 12.6. The Kier molecular flexibility index (Phi) is 28.2. The van der Waals surface area contributed by atoms with Crippen molar-refractivity contribution in [3.8, 4) is 0 Å². The molecule has 0 aliphatic heterocycles. The van der Waals surface area contributed by atoms with Crippen LogP contribution in [-0.2, 0) is 14.3 Å². The average molecular weight is 473 g/mol. The minimum atomic E-state index is -4.05. The standard InChI is InChI=1S/C26H53FO3S.Li.H/c1-3-5-7-9-11-13-14-15-17-19-21-23-25-30-31(28,29)26(27)24-22-20-18-16-12-10-8-6-4-2;;/h26H,3-25H2,1-2H3;;. The van der Waals surface area contributed by atoms with Crippen LogP contribution < -0.4 is 0 Å². The van der Waals surface area contributed by atoms with Gasteiger partial charge in [-0.2, -0.15) is 8.42 Å². The van der Waals surface area contributed by atoms with Crippen molar-refractivity contribution in [2.24, 2.45) is 0 Å². The topological polar surface area (TPSA) is 43.4 Å². The molecule has 1 unspecified atom stereocenters. The summed E-state index contributed by atoms with van der Waals surface area (Å²) in [6.07, 6.45) is 24.8. The molecule has 0 aromatic rings. The molecule has 0 aliphatic carbocycles. The fourth-order valence-electron chi connectivity index (χ4n) is 3.95. The van der Waals surface area contributed by atoms with Crippen molar-refractivity contribution >= 4 is 29.0 Å². The Bertz CT molecular complexity index is 460. The second-order valence-corrected chi connectivity index (χ2v) is 11.0. The van der Waals surface area contributed by atoms with Gasteiger partial charge >= 0.3 is 18.9 Å². The van der Waals surface area contributed by atoms with Gasteiger partial charge in [-0.15, -0.1) is 0 Å². The predicted octanol–water partition coefficient (Wildman–Crippen LogP) is 8.60. The van der Waals surface area contributed by atoms with E-state index in [1.165, 1.54) is 96.3 Å². The molecule has 32 heavy (non-hydrogen) atoms. The van der Waals surface area contributed by atoms with Crippen LogP contribution >= 0.6 is 0 Å². The summed E-state index contributed by atoms with van der Waals surface area (Å²) in [4.78, 5) is 0. The van der Waals surface area contributed by atoms with Crippen LogP contribution in [0.5, 0.6) is 0 Å². The molecule has 0 N–H and O–H groups in total. The summed E-state index contributed by atoms with van der Waals surface area (Å²) in [7, 11) is -4.05. The Balaban J connectivity index is 0. The summed E-state index contributed by atoms with van der Waals surface area (Å²) in [6.45, 7) is 4.58. The first-order valence-corrected chi connectivity index (χ1v) is 15.0. The van der Waals surface area contributed by atoms with Crippen LogP contribution in [0.2, 0.25) is 0 Å². The number of alkyl halides is 1. The molecule has 0 aromatic heterocycles. The first kappa shape index (κ1) is 34.6. The first-order chi connectivity index (χ1) is 15.0. The van der Waals surface area contributed by atoms with Gasteiger partial charge in [0.1, 0.15) is 0 Å². The van der Waals surface area contributed by atoms with Crippen molar-refractivity contribution in [2.75, 3.05) is 6.61 Å². The molecular formula is C26H54FLiO3S. The second kappa shape index (κ2) is 26.0. The van der Waals surface area contributed by atoms with Crippen LogP contribution in [0, 0.1) is 0 Å². The molecule has 0 rings (SSSR count). The summed E-state index contributed by atoms with van der Waals surface area (Å²) in [5.41, 5.74) is -1.87. The van der Waals surface area contributed by atoms with E-state index < -0.39 is 15.6 Å². The zero-order valence-corrected chi connectivity index (χ0v) is 21.7. The first-order valence-electron chi connectivity index (χ1n) is 13.6. The summed E-state index contributed by atoms with van der Waals surface area (Å²) in [6, 6.07) is 0. The van der Waals surface area contributed by atoms with E-state index in [0.29, 0.717) is 12.8 Å². The van der Waals surface area contributed by atoms with Gasteiger partial charge in [-0.25, -0.2) is 4.39 Å². The molecule has 1 atom stereocenters. The van der Waals surface area contributed by atoms with Crippen molar-refractivity contribution in [3.05, 3.63) is 0 Å². The number of halogens is 1. The average Bonchev–Trinajstić information content (AvgIpc) is 2.75. The van der Waals surface area contributed by atoms with Crippen molar-refractivity contribution in [1.82, 2.24) is 0 Å². The Morgan fingerprint density at radius 3 is 1.25 bits per heavy atom. The molecule has 0 heterocycles. The SMILES string of the molecule is CCCCCCCCCCCCCCOS(=O)(=O)C(F)CCCCCCCCCCC.[LiH]. The summed E-state index contributed by atoms with van der Waals surface area (Å²) in [5.74, 6) is 0. The van der Waals surface area contributed by atoms with E-state index >= 15 is 0 Å². The fourth-order valence-corrected chi connectivity index (χ4v) is 4.90. The van der Waals surface area contributed by atoms with E-state index in [9.17, 15) is 12.8 Å². The van der Waals surface area contributed by atoms with Crippen LogP contribution in [0.15, 0.2) is 0 Å². The maximum atomic E-state index is 14.0. The van der Waals surface area contributed by atoms with Crippen molar-refractivity contribution in [2.45, 2.75) is 161 Å². The van der Waals surface area contributed by atoms with Gasteiger partial charge in [0.25, 0.3) is 10.1 Å². The van der Waals surface area contributed by atoms with Gasteiger partial charge in [-0.05, 0) is 19.3 Å². The summed E-state index contributed by atoms with van der Waals surface area (Å²) in [5, 5.41) is 0. The van der Waals surface area contributed by atoms with Crippen LogP contribution in [0.4, 0.5) is 4.39 Å². The van der Waals surface area contributed by atoms with Gasteiger partial charge in [0.2, 0.25) is 5.50 Å². The van der Waals surface area contributed by atoms with Gasteiger partial charge in [0, 0.05) is 0 Å². The van der Waals surface area contributed by atoms with Crippen LogP contribution in [-0.4, -0.2) is 39.4 Å². The van der Waals surface area contributed by atoms with E-state index in [0.717, 1.165) is 25.7 Å². The maximum absolute atomic E-state index is 14.0. The molecule has 0 saturated heterocycles. The van der Waals surface area contributed by atoms with Crippen LogP contribution in [0.1, 0.15) is 155 Å². The molecule has 190 valence electrons. The quantitative estimate of drug-likeness (QED) is 0.0759. The molecule has 0 fully saturated rings. The molecular weight excluding hydrogens is 418 g/mol. The van der Waals surface area contributed by atoms with E-state index in [1.54, 1.807) is 0 Å². The van der Waals surface area contributed by atoms with Gasteiger partial charge in [0.15, 0.2) is 0 Å². The Morgan fingerprint density at radius 2 is 0.875 bits per heavy atom. The molecule has 0 saturated carbocycles. The second-order valence-electron chi connectivity index (χ2n) is 9.23. The van der Waals surface area contributed by atoms with Gasteiger partial charge in [-0.3, -0.25) is 4.18 Å². The third kappa shape index (κ3) is 23.6. The Labute approximate surface area is 212 Å². The van der Waals surface area contributed by atoms with E-state index in [4.69, 9.17) is 4.18 Å². The Hall–Kier alpha value is 0.437. The van der Waals surface area contributed by atoms with Crippen LogP contribution in [0.25, 0.3) is 0 Å². The number of unbranched alkanes of at least 4 members (excludes halogenated alkanes) is 19. The third-order valence-electron chi connectivity index (χ3n) is 6.09. The van der Waals surface area contributed by atoms with Crippen LogP contribution in [0.3, 0.4) is 0 Å². The Morgan fingerprint density at radius 1 is 0.562 bits per heavy atom. The molecule has 0 radical (unpaired) electrons. The molecule has 6 heteroatoms. The van der Waals surface area contributed by atoms with E-state index in [1.807, 2.05) is 0 Å². The molecule has 0 aliphatic rings. The fraction of sp³-hybridized carbons (Fsp3) is 1.00. The molecule has 0 spiro atoms. The van der Waals surface area contributed by atoms with E-state index in [-0.39, 0.29) is 31.9 Å². The number of rotatable bonds is 25. The molecule has 0 bridgehead atoms. The third-order valence-corrected chi connectivity index (χ3v) is 7.45. The van der Waals surface area contributed by atoms with Crippen molar-refractivity contribution in [3.63, 3.8) is 0 Å². The summed E-state index contributed by atoms with van der Waals surface area (Å²) < 4.78 is 42.7. The monoisotopic (exact) mass is 472 g/mol. The zero-order chi connectivity index (χ0) is 23.0. The van der Waals surface area contributed by atoms with Gasteiger partial charge < -0.3 is 0 Å². The zero-order valence-electron chi connectivity index (χ0n) is 20.9. The summed E-state index contributed by atoms with van der Waals surface area (Å²) >= 11 is 0.